The van der Waals surface area contributed by atoms with Gasteiger partial charge >= 0.3 is 0 Å². The number of aromatic nitrogens is 3. The Bertz CT molecular complexity index is 746. The molecule has 0 saturated carbocycles. The Hall–Kier alpha value is -3.28. The molecule has 0 aliphatic rings. The summed E-state index contributed by atoms with van der Waals surface area (Å²) in [6.07, 6.45) is 0. The first-order valence-corrected chi connectivity index (χ1v) is 5.85. The van der Waals surface area contributed by atoms with Gasteiger partial charge in [0.05, 0.1) is 10.6 Å². The number of nitro benzene ring substituents is 1. The average Bonchev–Trinajstić information content (AvgIpc) is 2.79. The van der Waals surface area contributed by atoms with Crippen LogP contribution < -0.4 is 5.32 Å². The minimum absolute atomic E-state index is 0.114. The van der Waals surface area contributed by atoms with E-state index in [1.807, 2.05) is 6.07 Å². The van der Waals surface area contributed by atoms with Gasteiger partial charge in [-0.25, -0.2) is 4.68 Å². The van der Waals surface area contributed by atoms with E-state index in [2.05, 4.69) is 15.6 Å². The van der Waals surface area contributed by atoms with E-state index in [0.717, 1.165) is 0 Å². The lowest BCUT2D eigenvalue weighted by Gasteiger charge is -2.05. The summed E-state index contributed by atoms with van der Waals surface area (Å²) in [5.41, 5.74) is 0.828. The van der Waals surface area contributed by atoms with E-state index in [9.17, 15) is 14.9 Å². The quantitative estimate of drug-likeness (QED) is 0.660. The average molecular weight is 286 g/mol. The van der Waals surface area contributed by atoms with Crippen molar-refractivity contribution in [3.8, 4) is 6.07 Å². The van der Waals surface area contributed by atoms with Crippen LogP contribution >= 0.6 is 0 Å². The van der Waals surface area contributed by atoms with Crippen molar-refractivity contribution >= 4 is 17.3 Å². The van der Waals surface area contributed by atoms with Crippen molar-refractivity contribution in [2.24, 2.45) is 0 Å². The summed E-state index contributed by atoms with van der Waals surface area (Å²) in [6.45, 7) is 1.49. The summed E-state index contributed by atoms with van der Waals surface area (Å²) in [5, 5.41) is 29.2. The Kier molecular flexibility index (Phi) is 3.90. The third-order valence-electron chi connectivity index (χ3n) is 2.72. The van der Waals surface area contributed by atoms with E-state index in [0.29, 0.717) is 11.4 Å². The highest BCUT2D eigenvalue weighted by Crippen LogP contribution is 2.17. The molecule has 0 aliphatic carbocycles. The van der Waals surface area contributed by atoms with Crippen molar-refractivity contribution < 1.29 is 9.72 Å². The number of hydrogen-bond donors (Lipinski definition) is 1. The van der Waals surface area contributed by atoms with Crippen molar-refractivity contribution in [1.82, 2.24) is 15.0 Å². The van der Waals surface area contributed by atoms with Crippen LogP contribution in [0.3, 0.4) is 0 Å². The minimum Gasteiger partial charge on any atom is -0.324 e. The monoisotopic (exact) mass is 286 g/mol. The maximum atomic E-state index is 11.9. The standard InChI is InChI=1S/C12H10N6O3/c1-8-11(6-13)15-16-17(8)7-12(19)14-9-3-2-4-10(5-9)18(20)21/h2-5H,7H2,1H3,(H,14,19). The number of rotatable bonds is 4. The summed E-state index contributed by atoms with van der Waals surface area (Å²) in [5.74, 6) is -0.423. The smallest absolute Gasteiger partial charge is 0.271 e. The molecule has 0 atom stereocenters. The molecule has 1 aromatic heterocycles. The number of carbonyl (C=O) groups is 1. The Morgan fingerprint density at radius 1 is 1.57 bits per heavy atom. The maximum absolute atomic E-state index is 11.9. The molecule has 0 aliphatic heterocycles. The zero-order valence-electron chi connectivity index (χ0n) is 11.0. The normalized spacial score (nSPS) is 9.90. The molecular formula is C12H10N6O3. The van der Waals surface area contributed by atoms with E-state index in [1.165, 1.54) is 22.9 Å². The largest absolute Gasteiger partial charge is 0.324 e. The Morgan fingerprint density at radius 2 is 2.33 bits per heavy atom. The summed E-state index contributed by atoms with van der Waals surface area (Å²) >= 11 is 0. The lowest BCUT2D eigenvalue weighted by atomic mass is 10.3. The number of amides is 1. The van der Waals surface area contributed by atoms with Gasteiger partial charge in [-0.3, -0.25) is 14.9 Å². The van der Waals surface area contributed by atoms with Crippen LogP contribution in [-0.2, 0) is 11.3 Å². The molecule has 0 fully saturated rings. The summed E-state index contributed by atoms with van der Waals surface area (Å²) < 4.78 is 1.28. The first kappa shape index (κ1) is 14.1. The van der Waals surface area contributed by atoms with Gasteiger partial charge in [0.2, 0.25) is 5.91 Å². The van der Waals surface area contributed by atoms with Crippen LogP contribution in [0.5, 0.6) is 0 Å². The van der Waals surface area contributed by atoms with Crippen molar-refractivity contribution in [3.05, 3.63) is 45.8 Å². The topological polar surface area (TPSA) is 127 Å². The third kappa shape index (κ3) is 3.19. The molecule has 106 valence electrons. The van der Waals surface area contributed by atoms with Gasteiger partial charge in [0, 0.05) is 17.8 Å². The number of nitro groups is 1. The fourth-order valence-electron chi connectivity index (χ4n) is 1.65. The summed E-state index contributed by atoms with van der Waals surface area (Å²) in [4.78, 5) is 22.0. The van der Waals surface area contributed by atoms with Gasteiger partial charge in [0.15, 0.2) is 5.69 Å². The number of benzene rings is 1. The summed E-state index contributed by atoms with van der Waals surface area (Å²) in [6, 6.07) is 7.46. The second-order valence-electron chi connectivity index (χ2n) is 4.15. The van der Waals surface area contributed by atoms with E-state index in [-0.39, 0.29) is 17.9 Å². The minimum atomic E-state index is -0.545. The molecule has 0 bridgehead atoms. The highest BCUT2D eigenvalue weighted by molar-refractivity contribution is 5.90. The molecule has 0 spiro atoms. The van der Waals surface area contributed by atoms with Crippen LogP contribution in [0, 0.1) is 28.4 Å². The van der Waals surface area contributed by atoms with Crippen LogP contribution in [0.2, 0.25) is 0 Å². The molecule has 1 amide bonds. The lowest BCUT2D eigenvalue weighted by Crippen LogP contribution is -2.20. The fraction of sp³-hybridized carbons (Fsp3) is 0.167. The molecule has 21 heavy (non-hydrogen) atoms. The molecule has 2 aromatic rings. The van der Waals surface area contributed by atoms with E-state index >= 15 is 0 Å². The number of nitrogens with zero attached hydrogens (tertiary/aromatic N) is 5. The molecular weight excluding hydrogens is 276 g/mol. The zero-order chi connectivity index (χ0) is 15.4. The Morgan fingerprint density at radius 3 is 2.95 bits per heavy atom. The predicted molar refractivity (Wildman–Crippen MR) is 71.2 cm³/mol. The number of hydrogen-bond acceptors (Lipinski definition) is 6. The van der Waals surface area contributed by atoms with Gasteiger partial charge in [-0.15, -0.1) is 5.10 Å². The van der Waals surface area contributed by atoms with Gasteiger partial charge < -0.3 is 5.32 Å². The first-order chi connectivity index (χ1) is 10.0. The van der Waals surface area contributed by atoms with Crippen LogP contribution in [0.1, 0.15) is 11.4 Å². The van der Waals surface area contributed by atoms with Crippen molar-refractivity contribution in [1.29, 1.82) is 5.26 Å². The number of anilines is 1. The Labute approximate surface area is 119 Å². The van der Waals surface area contributed by atoms with Crippen LogP contribution in [0.15, 0.2) is 24.3 Å². The highest BCUT2D eigenvalue weighted by Gasteiger charge is 2.12. The van der Waals surface area contributed by atoms with Gasteiger partial charge in [0.25, 0.3) is 5.69 Å². The van der Waals surface area contributed by atoms with E-state index < -0.39 is 10.8 Å². The van der Waals surface area contributed by atoms with Crippen molar-refractivity contribution in [3.63, 3.8) is 0 Å². The number of carbonyl (C=O) groups excluding carboxylic acids is 1. The first-order valence-electron chi connectivity index (χ1n) is 5.85. The number of nitriles is 1. The Balaban J connectivity index is 2.08. The molecule has 2 rings (SSSR count). The second-order valence-corrected chi connectivity index (χ2v) is 4.15. The van der Waals surface area contributed by atoms with Crippen molar-refractivity contribution in [2.75, 3.05) is 5.32 Å². The third-order valence-corrected chi connectivity index (χ3v) is 2.72. The molecule has 1 N–H and O–H groups in total. The molecule has 0 unspecified atom stereocenters. The molecule has 9 heteroatoms. The fourth-order valence-corrected chi connectivity index (χ4v) is 1.65. The molecule has 0 saturated heterocycles. The lowest BCUT2D eigenvalue weighted by molar-refractivity contribution is -0.384. The van der Waals surface area contributed by atoms with Crippen molar-refractivity contribution in [2.45, 2.75) is 13.5 Å². The molecule has 9 nitrogen and oxygen atoms in total. The predicted octanol–water partition coefficient (Wildman–Crippen LogP) is 1.01. The number of nitrogens with one attached hydrogen (secondary N) is 1. The second kappa shape index (κ2) is 5.79. The maximum Gasteiger partial charge on any atom is 0.271 e. The van der Waals surface area contributed by atoms with Crippen LogP contribution in [0.4, 0.5) is 11.4 Å². The van der Waals surface area contributed by atoms with Gasteiger partial charge in [-0.05, 0) is 13.0 Å². The molecule has 1 aromatic carbocycles. The van der Waals surface area contributed by atoms with E-state index in [4.69, 9.17) is 5.26 Å². The summed E-state index contributed by atoms with van der Waals surface area (Å²) in [7, 11) is 0. The molecule has 0 radical (unpaired) electrons. The van der Waals surface area contributed by atoms with Gasteiger partial charge in [0.1, 0.15) is 12.6 Å². The van der Waals surface area contributed by atoms with Gasteiger partial charge in [-0.1, -0.05) is 11.3 Å². The van der Waals surface area contributed by atoms with E-state index in [1.54, 1.807) is 13.0 Å². The van der Waals surface area contributed by atoms with Gasteiger partial charge in [-0.2, -0.15) is 5.26 Å². The molecule has 1 heterocycles. The highest BCUT2D eigenvalue weighted by atomic mass is 16.6. The van der Waals surface area contributed by atoms with Crippen LogP contribution in [-0.4, -0.2) is 25.8 Å². The zero-order valence-corrected chi connectivity index (χ0v) is 11.0. The number of non-ortho nitro benzene ring substituents is 1. The SMILES string of the molecule is Cc1c(C#N)nnn1CC(=O)Nc1cccc([N+](=O)[O-])c1. The van der Waals surface area contributed by atoms with Crippen LogP contribution in [0.25, 0.3) is 0 Å².